The Morgan fingerprint density at radius 2 is 2.08 bits per heavy atom. The van der Waals surface area contributed by atoms with Crippen molar-refractivity contribution in [2.75, 3.05) is 5.32 Å². The zero-order valence-corrected chi connectivity index (χ0v) is 15.2. The molecule has 10 heteroatoms. The maximum atomic E-state index is 12.3. The molecule has 1 fully saturated rings. The second-order valence-corrected chi connectivity index (χ2v) is 7.30. The van der Waals surface area contributed by atoms with E-state index in [9.17, 15) is 9.59 Å². The normalized spacial score (nSPS) is 13.8. The molecule has 0 aromatic carbocycles. The van der Waals surface area contributed by atoms with Crippen LogP contribution in [0.3, 0.4) is 0 Å². The Hall–Kier alpha value is -2.88. The summed E-state index contributed by atoms with van der Waals surface area (Å²) in [6, 6.07) is 4.88. The molecule has 1 N–H and O–H groups in total. The van der Waals surface area contributed by atoms with Crippen LogP contribution in [-0.4, -0.2) is 35.7 Å². The molecule has 26 heavy (non-hydrogen) atoms. The van der Waals surface area contributed by atoms with Crippen molar-refractivity contribution in [3.63, 3.8) is 0 Å². The van der Waals surface area contributed by atoms with Crippen molar-refractivity contribution in [1.29, 1.82) is 0 Å². The molecular formula is C16H17N7O2S. The lowest BCUT2D eigenvalue weighted by Crippen LogP contribution is -2.30. The van der Waals surface area contributed by atoms with Gasteiger partial charge in [-0.2, -0.15) is 5.10 Å². The summed E-state index contributed by atoms with van der Waals surface area (Å²) in [5.41, 5.74) is 1.38. The first kappa shape index (κ1) is 16.6. The standard InChI is InChI=1S/C16H17N7O2S/c1-9-7-10(2)23(20-9)12-5-6-14(25)22(21-12)8-13(24)17-16-19-18-15(26-16)11-3-4-11/h5-7,11H,3-4,8H2,1-2H3,(H,17,19,24). The van der Waals surface area contributed by atoms with Crippen molar-refractivity contribution in [3.05, 3.63) is 44.9 Å². The molecule has 3 aromatic rings. The summed E-state index contributed by atoms with van der Waals surface area (Å²) < 4.78 is 2.75. The lowest BCUT2D eigenvalue weighted by atomic mass is 10.4. The Balaban J connectivity index is 1.51. The monoisotopic (exact) mass is 371 g/mol. The molecule has 0 unspecified atom stereocenters. The van der Waals surface area contributed by atoms with Crippen LogP contribution in [0.1, 0.15) is 35.2 Å². The van der Waals surface area contributed by atoms with Crippen LogP contribution in [0.2, 0.25) is 0 Å². The second-order valence-electron chi connectivity index (χ2n) is 6.29. The number of aryl methyl sites for hydroxylation is 2. The molecule has 134 valence electrons. The first-order chi connectivity index (χ1) is 12.5. The van der Waals surface area contributed by atoms with Crippen LogP contribution in [0.4, 0.5) is 5.13 Å². The number of carbonyl (C=O) groups excluding carboxylic acids is 1. The zero-order valence-electron chi connectivity index (χ0n) is 14.3. The van der Waals surface area contributed by atoms with Gasteiger partial charge in [-0.05, 0) is 38.8 Å². The highest BCUT2D eigenvalue weighted by atomic mass is 32.1. The SMILES string of the molecule is Cc1cc(C)n(-c2ccc(=O)n(CC(=O)Nc3nnc(C4CC4)s3)n2)n1. The first-order valence-corrected chi connectivity index (χ1v) is 9.06. The van der Waals surface area contributed by atoms with Gasteiger partial charge in [0.2, 0.25) is 11.0 Å². The molecular weight excluding hydrogens is 354 g/mol. The summed E-state index contributed by atoms with van der Waals surface area (Å²) in [6.07, 6.45) is 2.25. The summed E-state index contributed by atoms with van der Waals surface area (Å²) in [5, 5.41) is 20.7. The Morgan fingerprint density at radius 3 is 2.77 bits per heavy atom. The van der Waals surface area contributed by atoms with E-state index in [-0.39, 0.29) is 18.0 Å². The van der Waals surface area contributed by atoms with Crippen molar-refractivity contribution in [2.45, 2.75) is 39.2 Å². The largest absolute Gasteiger partial charge is 0.299 e. The average molecular weight is 371 g/mol. The van der Waals surface area contributed by atoms with Gasteiger partial charge in [-0.15, -0.1) is 15.3 Å². The molecule has 1 amide bonds. The van der Waals surface area contributed by atoms with Gasteiger partial charge in [0, 0.05) is 17.7 Å². The first-order valence-electron chi connectivity index (χ1n) is 8.24. The fourth-order valence-corrected chi connectivity index (χ4v) is 3.53. The fourth-order valence-electron chi connectivity index (χ4n) is 2.60. The summed E-state index contributed by atoms with van der Waals surface area (Å²) in [6.45, 7) is 3.58. The van der Waals surface area contributed by atoms with Crippen molar-refractivity contribution in [3.8, 4) is 5.82 Å². The quantitative estimate of drug-likeness (QED) is 0.727. The van der Waals surface area contributed by atoms with Crippen molar-refractivity contribution in [1.82, 2.24) is 29.8 Å². The third-order valence-electron chi connectivity index (χ3n) is 3.99. The molecule has 0 atom stereocenters. The Morgan fingerprint density at radius 1 is 1.27 bits per heavy atom. The van der Waals surface area contributed by atoms with Gasteiger partial charge in [-0.25, -0.2) is 9.36 Å². The van der Waals surface area contributed by atoms with Gasteiger partial charge < -0.3 is 0 Å². The van der Waals surface area contributed by atoms with Crippen molar-refractivity contribution >= 4 is 22.4 Å². The highest BCUT2D eigenvalue weighted by Gasteiger charge is 2.27. The van der Waals surface area contributed by atoms with Gasteiger partial charge in [-0.3, -0.25) is 14.9 Å². The smallest absolute Gasteiger partial charge is 0.267 e. The zero-order chi connectivity index (χ0) is 18.3. The van der Waals surface area contributed by atoms with Gasteiger partial charge in [0.1, 0.15) is 11.6 Å². The number of hydrogen-bond acceptors (Lipinski definition) is 7. The molecule has 1 aliphatic rings. The van der Waals surface area contributed by atoms with E-state index in [0.29, 0.717) is 16.9 Å². The van der Waals surface area contributed by atoms with E-state index in [1.807, 2.05) is 19.9 Å². The lowest BCUT2D eigenvalue weighted by molar-refractivity contribution is -0.117. The maximum absolute atomic E-state index is 12.3. The molecule has 3 aromatic heterocycles. The van der Waals surface area contributed by atoms with Crippen LogP contribution in [0.15, 0.2) is 23.0 Å². The number of nitrogens with zero attached hydrogens (tertiary/aromatic N) is 6. The topological polar surface area (TPSA) is 108 Å². The maximum Gasteiger partial charge on any atom is 0.267 e. The average Bonchev–Trinajstić information content (AvgIpc) is 3.25. The van der Waals surface area contributed by atoms with E-state index in [1.165, 1.54) is 17.4 Å². The predicted molar refractivity (Wildman–Crippen MR) is 95.6 cm³/mol. The van der Waals surface area contributed by atoms with E-state index in [2.05, 4.69) is 25.7 Å². The minimum absolute atomic E-state index is 0.204. The van der Waals surface area contributed by atoms with Crippen LogP contribution in [0.25, 0.3) is 5.82 Å². The molecule has 0 bridgehead atoms. The number of amides is 1. The van der Waals surface area contributed by atoms with Gasteiger partial charge in [0.05, 0.1) is 5.69 Å². The summed E-state index contributed by atoms with van der Waals surface area (Å²) in [5.74, 6) is 0.596. The molecule has 9 nitrogen and oxygen atoms in total. The Kier molecular flexibility index (Phi) is 4.11. The summed E-state index contributed by atoms with van der Waals surface area (Å²) in [4.78, 5) is 24.3. The Bertz CT molecular complexity index is 1030. The van der Waals surface area contributed by atoms with Crippen LogP contribution < -0.4 is 10.9 Å². The fraction of sp³-hybridized carbons (Fsp3) is 0.375. The molecule has 0 saturated heterocycles. The molecule has 3 heterocycles. The number of nitrogens with one attached hydrogen (secondary N) is 1. The Labute approximate surface area is 152 Å². The number of hydrogen-bond donors (Lipinski definition) is 1. The summed E-state index contributed by atoms with van der Waals surface area (Å²) in [7, 11) is 0. The second kappa shape index (κ2) is 6.45. The van der Waals surface area contributed by atoms with Crippen LogP contribution in [-0.2, 0) is 11.3 Å². The molecule has 0 radical (unpaired) electrons. The third-order valence-corrected chi connectivity index (χ3v) is 4.99. The van der Waals surface area contributed by atoms with E-state index >= 15 is 0 Å². The van der Waals surface area contributed by atoms with Crippen LogP contribution >= 0.6 is 11.3 Å². The van der Waals surface area contributed by atoms with Crippen LogP contribution in [0.5, 0.6) is 0 Å². The lowest BCUT2D eigenvalue weighted by Gasteiger charge is -2.07. The van der Waals surface area contributed by atoms with Gasteiger partial charge in [0.15, 0.2) is 5.82 Å². The van der Waals surface area contributed by atoms with Gasteiger partial charge in [-0.1, -0.05) is 11.3 Å². The molecule has 0 spiro atoms. The highest BCUT2D eigenvalue weighted by Crippen LogP contribution is 2.41. The molecule has 1 aliphatic carbocycles. The summed E-state index contributed by atoms with van der Waals surface area (Å²) >= 11 is 1.38. The predicted octanol–water partition coefficient (Wildman–Crippen LogP) is 1.41. The van der Waals surface area contributed by atoms with Crippen LogP contribution in [0, 0.1) is 13.8 Å². The minimum atomic E-state index is -0.372. The van der Waals surface area contributed by atoms with E-state index in [4.69, 9.17) is 0 Å². The van der Waals surface area contributed by atoms with Crippen molar-refractivity contribution < 1.29 is 4.79 Å². The minimum Gasteiger partial charge on any atom is -0.299 e. The van der Waals surface area contributed by atoms with E-state index in [1.54, 1.807) is 10.7 Å². The van der Waals surface area contributed by atoms with Crippen molar-refractivity contribution in [2.24, 2.45) is 0 Å². The number of aromatic nitrogens is 6. The number of rotatable bonds is 5. The van der Waals surface area contributed by atoms with E-state index < -0.39 is 0 Å². The van der Waals surface area contributed by atoms with Gasteiger partial charge >= 0.3 is 0 Å². The number of carbonyl (C=O) groups is 1. The molecule has 4 rings (SSSR count). The number of anilines is 1. The molecule has 0 aliphatic heterocycles. The van der Waals surface area contributed by atoms with E-state index in [0.717, 1.165) is 33.9 Å². The third kappa shape index (κ3) is 3.40. The molecule has 1 saturated carbocycles. The van der Waals surface area contributed by atoms with Gasteiger partial charge in [0.25, 0.3) is 5.56 Å². The highest BCUT2D eigenvalue weighted by molar-refractivity contribution is 7.15.